The number of benzene rings is 1. The maximum atomic E-state index is 13.1. The Kier molecular flexibility index (Phi) is 4.98. The number of amides is 1. The molecule has 1 aromatic rings. The van der Waals surface area contributed by atoms with Gasteiger partial charge in [-0.25, -0.2) is 0 Å². The lowest BCUT2D eigenvalue weighted by atomic mass is 9.83. The van der Waals surface area contributed by atoms with Crippen LogP contribution in [0.2, 0.25) is 0 Å². The standard InChI is InChI=1S/C18H25NO3/c1-21-16-8-6-15(7-9-16)17(14-4-2-3-5-14)18(20)19-10-12-22-13-11-19/h6-9,14,17H,2-5,10-13H2,1H3. The van der Waals surface area contributed by atoms with Crippen molar-refractivity contribution in [3.8, 4) is 5.75 Å². The molecule has 1 aliphatic heterocycles. The average Bonchev–Trinajstić information content (AvgIpc) is 3.10. The monoisotopic (exact) mass is 303 g/mol. The molecular formula is C18H25NO3. The first-order chi connectivity index (χ1) is 10.8. The van der Waals surface area contributed by atoms with Crippen LogP contribution in [0.4, 0.5) is 0 Å². The smallest absolute Gasteiger partial charge is 0.230 e. The maximum Gasteiger partial charge on any atom is 0.230 e. The number of ether oxygens (including phenoxy) is 2. The molecule has 120 valence electrons. The summed E-state index contributed by atoms with van der Waals surface area (Å²) in [5.74, 6) is 1.59. The van der Waals surface area contributed by atoms with Crippen LogP contribution in [-0.2, 0) is 9.53 Å². The number of methoxy groups -OCH3 is 1. The SMILES string of the molecule is COc1ccc(C(C(=O)N2CCOCC2)C2CCCC2)cc1. The summed E-state index contributed by atoms with van der Waals surface area (Å²) in [5, 5.41) is 0. The molecule has 0 radical (unpaired) electrons. The van der Waals surface area contributed by atoms with E-state index in [9.17, 15) is 4.79 Å². The molecule has 1 aromatic carbocycles. The van der Waals surface area contributed by atoms with Gasteiger partial charge in [0.25, 0.3) is 0 Å². The molecule has 4 heteroatoms. The second-order valence-corrected chi connectivity index (χ2v) is 6.23. The lowest BCUT2D eigenvalue weighted by Gasteiger charge is -2.33. The third kappa shape index (κ3) is 3.27. The van der Waals surface area contributed by atoms with Gasteiger partial charge in [0.15, 0.2) is 0 Å². The zero-order chi connectivity index (χ0) is 15.4. The molecule has 4 nitrogen and oxygen atoms in total. The van der Waals surface area contributed by atoms with Gasteiger partial charge in [0.2, 0.25) is 5.91 Å². The van der Waals surface area contributed by atoms with Crippen molar-refractivity contribution < 1.29 is 14.3 Å². The average molecular weight is 303 g/mol. The number of carbonyl (C=O) groups excluding carboxylic acids is 1. The molecule has 1 aliphatic carbocycles. The van der Waals surface area contributed by atoms with Crippen molar-refractivity contribution in [1.29, 1.82) is 0 Å². The van der Waals surface area contributed by atoms with E-state index in [2.05, 4.69) is 12.1 Å². The Morgan fingerprint density at radius 2 is 1.82 bits per heavy atom. The van der Waals surface area contributed by atoms with Crippen LogP contribution in [0.3, 0.4) is 0 Å². The van der Waals surface area contributed by atoms with E-state index in [1.807, 2.05) is 17.0 Å². The van der Waals surface area contributed by atoms with E-state index in [1.54, 1.807) is 7.11 Å². The van der Waals surface area contributed by atoms with Crippen LogP contribution in [0.25, 0.3) is 0 Å². The van der Waals surface area contributed by atoms with Crippen LogP contribution in [0.1, 0.15) is 37.2 Å². The van der Waals surface area contributed by atoms with Gasteiger partial charge < -0.3 is 14.4 Å². The van der Waals surface area contributed by atoms with Crippen molar-refractivity contribution in [3.05, 3.63) is 29.8 Å². The number of hydrogen-bond acceptors (Lipinski definition) is 3. The molecule has 2 fully saturated rings. The van der Waals surface area contributed by atoms with Crippen molar-refractivity contribution in [1.82, 2.24) is 4.90 Å². The predicted octanol–water partition coefficient (Wildman–Crippen LogP) is 2.83. The Labute approximate surface area is 132 Å². The molecule has 1 unspecified atom stereocenters. The summed E-state index contributed by atoms with van der Waals surface area (Å²) in [6, 6.07) is 8.04. The summed E-state index contributed by atoms with van der Waals surface area (Å²) in [6.07, 6.45) is 4.81. The number of carbonyl (C=O) groups is 1. The fraction of sp³-hybridized carbons (Fsp3) is 0.611. The largest absolute Gasteiger partial charge is 0.497 e. The number of hydrogen-bond donors (Lipinski definition) is 0. The molecule has 22 heavy (non-hydrogen) atoms. The zero-order valence-electron chi connectivity index (χ0n) is 13.3. The third-order valence-corrected chi connectivity index (χ3v) is 4.93. The quantitative estimate of drug-likeness (QED) is 0.858. The lowest BCUT2D eigenvalue weighted by Crippen LogP contribution is -2.44. The van der Waals surface area contributed by atoms with Gasteiger partial charge >= 0.3 is 0 Å². The van der Waals surface area contributed by atoms with Crippen LogP contribution in [0.15, 0.2) is 24.3 Å². The van der Waals surface area contributed by atoms with Gasteiger partial charge in [-0.15, -0.1) is 0 Å². The van der Waals surface area contributed by atoms with Gasteiger partial charge in [-0.2, -0.15) is 0 Å². The first-order valence-corrected chi connectivity index (χ1v) is 8.30. The number of nitrogens with zero attached hydrogens (tertiary/aromatic N) is 1. The van der Waals surface area contributed by atoms with E-state index in [-0.39, 0.29) is 11.8 Å². The zero-order valence-corrected chi connectivity index (χ0v) is 13.3. The van der Waals surface area contributed by atoms with Gasteiger partial charge in [-0.3, -0.25) is 4.79 Å². The molecule has 2 aliphatic rings. The Balaban J connectivity index is 1.83. The van der Waals surface area contributed by atoms with E-state index in [1.165, 1.54) is 12.8 Å². The Bertz CT molecular complexity index is 488. The minimum Gasteiger partial charge on any atom is -0.497 e. The third-order valence-electron chi connectivity index (χ3n) is 4.93. The van der Waals surface area contributed by atoms with E-state index in [0.29, 0.717) is 19.1 Å². The molecule has 1 saturated heterocycles. The molecular weight excluding hydrogens is 278 g/mol. The minimum atomic E-state index is -0.00786. The summed E-state index contributed by atoms with van der Waals surface area (Å²) >= 11 is 0. The second-order valence-electron chi connectivity index (χ2n) is 6.23. The van der Waals surface area contributed by atoms with Crippen molar-refractivity contribution in [2.45, 2.75) is 31.6 Å². The van der Waals surface area contributed by atoms with Gasteiger partial charge in [0.1, 0.15) is 5.75 Å². The van der Waals surface area contributed by atoms with Crippen LogP contribution in [0, 0.1) is 5.92 Å². The van der Waals surface area contributed by atoms with Crippen molar-refractivity contribution in [2.24, 2.45) is 5.92 Å². The molecule has 0 spiro atoms. The molecule has 0 bridgehead atoms. The first-order valence-electron chi connectivity index (χ1n) is 8.30. The molecule has 1 saturated carbocycles. The fourth-order valence-electron chi connectivity index (χ4n) is 3.70. The topological polar surface area (TPSA) is 38.8 Å². The highest BCUT2D eigenvalue weighted by Gasteiger charge is 2.35. The summed E-state index contributed by atoms with van der Waals surface area (Å²) in [4.78, 5) is 15.1. The van der Waals surface area contributed by atoms with Crippen LogP contribution in [-0.4, -0.2) is 44.2 Å². The lowest BCUT2D eigenvalue weighted by molar-refractivity contribution is -0.138. The summed E-state index contributed by atoms with van der Waals surface area (Å²) in [6.45, 7) is 2.76. The van der Waals surface area contributed by atoms with Crippen LogP contribution in [0.5, 0.6) is 5.75 Å². The van der Waals surface area contributed by atoms with Crippen LogP contribution < -0.4 is 4.74 Å². The molecule has 0 N–H and O–H groups in total. The fourth-order valence-corrected chi connectivity index (χ4v) is 3.70. The van der Waals surface area contributed by atoms with E-state index < -0.39 is 0 Å². The van der Waals surface area contributed by atoms with Gasteiger partial charge in [-0.05, 0) is 36.5 Å². The van der Waals surface area contributed by atoms with Crippen molar-refractivity contribution in [3.63, 3.8) is 0 Å². The summed E-state index contributed by atoms with van der Waals surface area (Å²) in [7, 11) is 1.67. The van der Waals surface area contributed by atoms with Gasteiger partial charge in [0.05, 0.1) is 26.2 Å². The normalized spacial score (nSPS) is 20.9. The molecule has 1 amide bonds. The Hall–Kier alpha value is -1.55. The summed E-state index contributed by atoms with van der Waals surface area (Å²) < 4.78 is 10.6. The summed E-state index contributed by atoms with van der Waals surface area (Å²) in [5.41, 5.74) is 1.13. The highest BCUT2D eigenvalue weighted by molar-refractivity contribution is 5.84. The van der Waals surface area contributed by atoms with E-state index in [0.717, 1.165) is 37.2 Å². The van der Waals surface area contributed by atoms with Gasteiger partial charge in [-0.1, -0.05) is 25.0 Å². The van der Waals surface area contributed by atoms with Crippen molar-refractivity contribution in [2.75, 3.05) is 33.4 Å². The highest BCUT2D eigenvalue weighted by Crippen LogP contribution is 2.39. The first kappa shape index (κ1) is 15.3. The Morgan fingerprint density at radius 1 is 1.18 bits per heavy atom. The van der Waals surface area contributed by atoms with E-state index >= 15 is 0 Å². The predicted molar refractivity (Wildman–Crippen MR) is 85.1 cm³/mol. The second kappa shape index (κ2) is 7.14. The highest BCUT2D eigenvalue weighted by atomic mass is 16.5. The molecule has 1 atom stereocenters. The molecule has 3 rings (SSSR count). The molecule has 0 aromatic heterocycles. The maximum absolute atomic E-state index is 13.1. The number of rotatable bonds is 4. The number of morpholine rings is 1. The van der Waals surface area contributed by atoms with E-state index in [4.69, 9.17) is 9.47 Å². The minimum absolute atomic E-state index is 0.00786. The molecule has 1 heterocycles. The van der Waals surface area contributed by atoms with Crippen molar-refractivity contribution >= 4 is 5.91 Å². The van der Waals surface area contributed by atoms with Gasteiger partial charge in [0, 0.05) is 13.1 Å². The van der Waals surface area contributed by atoms with Crippen LogP contribution >= 0.6 is 0 Å². The Morgan fingerprint density at radius 3 is 2.41 bits per heavy atom.